The number of carbonyl (C=O) groups excluding carboxylic acids is 3. The van der Waals surface area contributed by atoms with Gasteiger partial charge < -0.3 is 9.84 Å². The van der Waals surface area contributed by atoms with Gasteiger partial charge in [-0.15, -0.1) is 0 Å². The van der Waals surface area contributed by atoms with E-state index in [0.717, 1.165) is 7.11 Å². The van der Waals surface area contributed by atoms with Crippen LogP contribution in [0.4, 0.5) is 0 Å². The average molecular weight is 280 g/mol. The lowest BCUT2D eigenvalue weighted by Crippen LogP contribution is -2.42. The SMILES string of the molecule is CCCCc1ccccc1.COC(=O)C(O)(C=O)C=O. The summed E-state index contributed by atoms with van der Waals surface area (Å²) in [6.07, 6.45) is 3.45. The molecular weight excluding hydrogens is 260 g/mol. The van der Waals surface area contributed by atoms with Crippen molar-refractivity contribution in [2.24, 2.45) is 0 Å². The number of esters is 1. The fourth-order valence-corrected chi connectivity index (χ4v) is 1.31. The number of rotatable bonds is 6. The number of ether oxygens (including phenoxy) is 1. The van der Waals surface area contributed by atoms with Crippen LogP contribution in [0.5, 0.6) is 0 Å². The van der Waals surface area contributed by atoms with Crippen molar-refractivity contribution >= 4 is 18.5 Å². The van der Waals surface area contributed by atoms with Crippen LogP contribution < -0.4 is 0 Å². The van der Waals surface area contributed by atoms with E-state index in [1.165, 1.54) is 24.8 Å². The van der Waals surface area contributed by atoms with Crippen LogP contribution in [-0.4, -0.2) is 36.4 Å². The van der Waals surface area contributed by atoms with Gasteiger partial charge in [-0.1, -0.05) is 43.7 Å². The van der Waals surface area contributed by atoms with Crippen LogP contribution in [0.2, 0.25) is 0 Å². The lowest BCUT2D eigenvalue weighted by molar-refractivity contribution is -0.164. The molecule has 0 aliphatic heterocycles. The lowest BCUT2D eigenvalue weighted by Gasteiger charge is -2.09. The number of carbonyl (C=O) groups is 3. The molecule has 0 saturated heterocycles. The topological polar surface area (TPSA) is 80.7 Å². The van der Waals surface area contributed by atoms with Crippen LogP contribution in [-0.2, 0) is 25.5 Å². The number of benzene rings is 1. The number of unbranched alkanes of at least 4 members (excludes halogenated alkanes) is 1. The highest BCUT2D eigenvalue weighted by Gasteiger charge is 2.36. The van der Waals surface area contributed by atoms with Crippen LogP contribution in [0.1, 0.15) is 25.3 Å². The van der Waals surface area contributed by atoms with Crippen molar-refractivity contribution in [1.29, 1.82) is 0 Å². The largest absolute Gasteiger partial charge is 0.466 e. The monoisotopic (exact) mass is 280 g/mol. The summed E-state index contributed by atoms with van der Waals surface area (Å²) in [5.74, 6) is -1.28. The first kappa shape index (κ1) is 18.0. The molecule has 110 valence electrons. The number of methoxy groups -OCH3 is 1. The molecule has 0 saturated carbocycles. The molecule has 0 aliphatic carbocycles. The van der Waals surface area contributed by atoms with Crippen molar-refractivity contribution < 1.29 is 24.2 Å². The summed E-state index contributed by atoms with van der Waals surface area (Å²) < 4.78 is 3.95. The van der Waals surface area contributed by atoms with E-state index in [1.807, 2.05) is 0 Å². The molecule has 0 heterocycles. The van der Waals surface area contributed by atoms with Crippen LogP contribution >= 0.6 is 0 Å². The van der Waals surface area contributed by atoms with Gasteiger partial charge in [-0.2, -0.15) is 0 Å². The van der Waals surface area contributed by atoms with E-state index in [4.69, 9.17) is 5.11 Å². The van der Waals surface area contributed by atoms with Crippen molar-refractivity contribution in [2.75, 3.05) is 7.11 Å². The Kier molecular flexibility index (Phi) is 8.87. The minimum absolute atomic E-state index is 0.189. The Balaban J connectivity index is 0.000000361. The van der Waals surface area contributed by atoms with Crippen LogP contribution in [0, 0.1) is 0 Å². The van der Waals surface area contributed by atoms with E-state index in [2.05, 4.69) is 42.0 Å². The zero-order valence-corrected chi connectivity index (χ0v) is 11.7. The van der Waals surface area contributed by atoms with Crippen molar-refractivity contribution in [3.8, 4) is 0 Å². The van der Waals surface area contributed by atoms with Gasteiger partial charge in [0.15, 0.2) is 12.6 Å². The molecule has 0 bridgehead atoms. The molecule has 0 aromatic heterocycles. The molecule has 0 atom stereocenters. The highest BCUT2D eigenvalue weighted by Crippen LogP contribution is 2.03. The number of hydrogen-bond donors (Lipinski definition) is 1. The summed E-state index contributed by atoms with van der Waals surface area (Å²) in [4.78, 5) is 30.1. The first-order valence-electron chi connectivity index (χ1n) is 6.31. The Morgan fingerprint density at radius 2 is 1.80 bits per heavy atom. The predicted molar refractivity (Wildman–Crippen MR) is 74.1 cm³/mol. The molecule has 5 nitrogen and oxygen atoms in total. The highest BCUT2D eigenvalue weighted by molar-refractivity contribution is 6.11. The molecule has 1 aromatic rings. The van der Waals surface area contributed by atoms with Crippen LogP contribution in [0.25, 0.3) is 0 Å². The summed E-state index contributed by atoms with van der Waals surface area (Å²) in [6.45, 7) is 2.23. The molecule has 1 rings (SSSR count). The second-order valence-electron chi connectivity index (χ2n) is 4.14. The fraction of sp³-hybridized carbons (Fsp3) is 0.400. The Bertz CT molecular complexity index is 406. The molecule has 0 unspecified atom stereocenters. The minimum atomic E-state index is -2.63. The van der Waals surface area contributed by atoms with Crippen LogP contribution in [0.3, 0.4) is 0 Å². The molecule has 0 aliphatic rings. The Labute approximate surface area is 118 Å². The summed E-state index contributed by atoms with van der Waals surface area (Å²) in [7, 11) is 0.959. The van der Waals surface area contributed by atoms with Gasteiger partial charge in [0.1, 0.15) is 0 Å². The summed E-state index contributed by atoms with van der Waals surface area (Å²) >= 11 is 0. The van der Waals surface area contributed by atoms with Gasteiger partial charge in [0.2, 0.25) is 0 Å². The Hall–Kier alpha value is -2.01. The fourth-order valence-electron chi connectivity index (χ4n) is 1.31. The zero-order valence-electron chi connectivity index (χ0n) is 11.7. The van der Waals surface area contributed by atoms with Crippen molar-refractivity contribution in [1.82, 2.24) is 0 Å². The molecule has 5 heteroatoms. The Morgan fingerprint density at radius 3 is 2.15 bits per heavy atom. The van der Waals surface area contributed by atoms with Gasteiger partial charge in [-0.05, 0) is 18.4 Å². The maximum Gasteiger partial charge on any atom is 0.353 e. The first-order valence-corrected chi connectivity index (χ1v) is 6.31. The van der Waals surface area contributed by atoms with Gasteiger partial charge in [0, 0.05) is 0 Å². The third kappa shape index (κ3) is 6.24. The number of aldehydes is 2. The molecule has 0 fully saturated rings. The molecule has 1 aromatic carbocycles. The second kappa shape index (κ2) is 9.86. The van der Waals surface area contributed by atoms with Gasteiger partial charge in [-0.3, -0.25) is 9.59 Å². The molecule has 0 radical (unpaired) electrons. The van der Waals surface area contributed by atoms with Gasteiger partial charge in [0.05, 0.1) is 7.11 Å². The molecule has 0 amide bonds. The maximum atomic E-state index is 10.4. The average Bonchev–Trinajstić information content (AvgIpc) is 2.52. The minimum Gasteiger partial charge on any atom is -0.466 e. The summed E-state index contributed by atoms with van der Waals surface area (Å²) in [5, 5.41) is 8.69. The van der Waals surface area contributed by atoms with Crippen LogP contribution in [0.15, 0.2) is 30.3 Å². The number of aliphatic hydroxyl groups is 1. The normalized spacial score (nSPS) is 9.95. The van der Waals surface area contributed by atoms with Crippen molar-refractivity contribution in [3.05, 3.63) is 35.9 Å². The smallest absolute Gasteiger partial charge is 0.353 e. The van der Waals surface area contributed by atoms with E-state index in [1.54, 1.807) is 0 Å². The highest BCUT2D eigenvalue weighted by atomic mass is 16.5. The third-order valence-electron chi connectivity index (χ3n) is 2.53. The van der Waals surface area contributed by atoms with E-state index >= 15 is 0 Å². The number of aryl methyl sites for hydroxylation is 1. The zero-order chi connectivity index (χ0) is 15.4. The van der Waals surface area contributed by atoms with E-state index in [9.17, 15) is 14.4 Å². The predicted octanol–water partition coefficient (Wildman–Crippen LogP) is 1.32. The molecule has 20 heavy (non-hydrogen) atoms. The Morgan fingerprint density at radius 1 is 1.25 bits per heavy atom. The standard InChI is InChI=1S/C10H14.C5H6O5/c1-2-3-7-10-8-5-4-6-9-10;1-10-4(8)5(9,2-6)3-7/h4-6,8-9H,2-3,7H2,1H3;2-3,9H,1H3. The van der Waals surface area contributed by atoms with E-state index in [-0.39, 0.29) is 12.6 Å². The molecular formula is C15H20O5. The molecule has 0 spiro atoms. The first-order chi connectivity index (χ1) is 9.53. The van der Waals surface area contributed by atoms with E-state index < -0.39 is 11.6 Å². The lowest BCUT2D eigenvalue weighted by atomic mass is 10.1. The van der Waals surface area contributed by atoms with Crippen molar-refractivity contribution in [2.45, 2.75) is 31.8 Å². The summed E-state index contributed by atoms with van der Waals surface area (Å²) in [5.41, 5.74) is -1.17. The van der Waals surface area contributed by atoms with E-state index in [0.29, 0.717) is 0 Å². The summed E-state index contributed by atoms with van der Waals surface area (Å²) in [6, 6.07) is 10.6. The van der Waals surface area contributed by atoms with Crippen molar-refractivity contribution in [3.63, 3.8) is 0 Å². The molecule has 1 N–H and O–H groups in total. The quantitative estimate of drug-likeness (QED) is 0.483. The third-order valence-corrected chi connectivity index (χ3v) is 2.53. The van der Waals surface area contributed by atoms with Gasteiger partial charge in [0.25, 0.3) is 5.60 Å². The number of hydrogen-bond acceptors (Lipinski definition) is 5. The second-order valence-corrected chi connectivity index (χ2v) is 4.14. The maximum absolute atomic E-state index is 10.4. The van der Waals surface area contributed by atoms with Gasteiger partial charge >= 0.3 is 5.97 Å². The van der Waals surface area contributed by atoms with Gasteiger partial charge in [-0.25, -0.2) is 4.79 Å².